The summed E-state index contributed by atoms with van der Waals surface area (Å²) in [5, 5.41) is 0. The molecule has 0 aliphatic rings. The van der Waals surface area contributed by atoms with E-state index in [2.05, 4.69) is 15.9 Å². The van der Waals surface area contributed by atoms with Gasteiger partial charge < -0.3 is 4.74 Å². The molecule has 0 radical (unpaired) electrons. The molecule has 0 saturated carbocycles. The predicted molar refractivity (Wildman–Crippen MR) is 63.5 cm³/mol. The highest BCUT2D eigenvalue weighted by molar-refractivity contribution is 9.10. The van der Waals surface area contributed by atoms with Crippen LogP contribution in [-0.4, -0.2) is 27.9 Å². The van der Waals surface area contributed by atoms with E-state index in [1.807, 2.05) is 0 Å². The molecule has 1 rings (SSSR count). The first-order valence-electron chi connectivity index (χ1n) is 4.58. The van der Waals surface area contributed by atoms with E-state index in [4.69, 9.17) is 4.74 Å². The van der Waals surface area contributed by atoms with Gasteiger partial charge in [-0.15, -0.1) is 0 Å². The zero-order valence-electron chi connectivity index (χ0n) is 8.74. The molecule has 1 aromatic carbocycles. The Morgan fingerprint density at radius 1 is 1.44 bits per heavy atom. The summed E-state index contributed by atoms with van der Waals surface area (Å²) in [4.78, 5) is 0. The van der Waals surface area contributed by atoms with Crippen molar-refractivity contribution in [2.45, 2.75) is 5.75 Å². The van der Waals surface area contributed by atoms with Gasteiger partial charge in [0.1, 0.15) is 5.82 Å². The number of rotatable bonds is 5. The van der Waals surface area contributed by atoms with Gasteiger partial charge in [0.25, 0.3) is 0 Å². The molecule has 0 aliphatic carbocycles. The Bertz CT molecular complexity index is 459. The van der Waals surface area contributed by atoms with Crippen LogP contribution < -0.4 is 0 Å². The van der Waals surface area contributed by atoms with Crippen molar-refractivity contribution in [2.24, 2.45) is 0 Å². The third-order valence-corrected chi connectivity index (χ3v) is 4.14. The van der Waals surface area contributed by atoms with Gasteiger partial charge in [0.15, 0.2) is 9.84 Å². The van der Waals surface area contributed by atoms with Gasteiger partial charge in [-0.25, -0.2) is 12.8 Å². The number of methoxy groups -OCH3 is 1. The number of sulfone groups is 1. The summed E-state index contributed by atoms with van der Waals surface area (Å²) in [6.07, 6.45) is 0. The highest BCUT2D eigenvalue weighted by Gasteiger charge is 2.12. The molecule has 3 nitrogen and oxygen atoms in total. The van der Waals surface area contributed by atoms with Crippen LogP contribution in [0.4, 0.5) is 4.39 Å². The Kier molecular flexibility index (Phi) is 4.89. The fourth-order valence-corrected chi connectivity index (χ4v) is 2.84. The van der Waals surface area contributed by atoms with E-state index in [0.717, 1.165) is 0 Å². The molecule has 0 spiro atoms. The van der Waals surface area contributed by atoms with E-state index in [1.165, 1.54) is 25.3 Å². The first-order chi connectivity index (χ1) is 7.44. The van der Waals surface area contributed by atoms with Crippen LogP contribution >= 0.6 is 15.9 Å². The van der Waals surface area contributed by atoms with E-state index in [1.54, 1.807) is 0 Å². The van der Waals surface area contributed by atoms with Crippen molar-refractivity contribution in [1.29, 1.82) is 0 Å². The summed E-state index contributed by atoms with van der Waals surface area (Å²) >= 11 is 3.01. The van der Waals surface area contributed by atoms with E-state index >= 15 is 0 Å². The lowest BCUT2D eigenvalue weighted by atomic mass is 10.2. The van der Waals surface area contributed by atoms with Gasteiger partial charge in [-0.05, 0) is 33.6 Å². The van der Waals surface area contributed by atoms with Crippen LogP contribution in [0.1, 0.15) is 5.56 Å². The molecule has 0 fully saturated rings. The molecule has 16 heavy (non-hydrogen) atoms. The molecule has 0 aliphatic heterocycles. The topological polar surface area (TPSA) is 43.4 Å². The SMILES string of the molecule is COCCS(=O)(=O)Cc1ccc(F)c(Br)c1. The van der Waals surface area contributed by atoms with Crippen LogP contribution in [-0.2, 0) is 20.3 Å². The second-order valence-electron chi connectivity index (χ2n) is 3.33. The monoisotopic (exact) mass is 310 g/mol. The number of halogens is 2. The summed E-state index contributed by atoms with van der Waals surface area (Å²) in [5.74, 6) is -0.536. The van der Waals surface area contributed by atoms with Gasteiger partial charge in [-0.3, -0.25) is 0 Å². The quantitative estimate of drug-likeness (QED) is 0.837. The summed E-state index contributed by atoms with van der Waals surface area (Å²) in [6.45, 7) is 0.171. The molecule has 0 N–H and O–H groups in total. The summed E-state index contributed by atoms with van der Waals surface area (Å²) in [6, 6.07) is 4.18. The number of hydrogen-bond donors (Lipinski definition) is 0. The highest BCUT2D eigenvalue weighted by atomic mass is 79.9. The molecule has 0 aromatic heterocycles. The van der Waals surface area contributed by atoms with Gasteiger partial charge in [0, 0.05) is 7.11 Å². The van der Waals surface area contributed by atoms with Gasteiger partial charge in [-0.1, -0.05) is 6.07 Å². The molecule has 6 heteroatoms. The van der Waals surface area contributed by atoms with Crippen LogP contribution in [0.2, 0.25) is 0 Å². The van der Waals surface area contributed by atoms with E-state index in [-0.39, 0.29) is 22.6 Å². The minimum absolute atomic E-state index is 0.0293. The average Bonchev–Trinajstić information content (AvgIpc) is 2.20. The standard InChI is InChI=1S/C10H12BrFO3S/c1-15-4-5-16(13,14)7-8-2-3-10(12)9(11)6-8/h2-3,6H,4-5,7H2,1H3. The van der Waals surface area contributed by atoms with E-state index in [9.17, 15) is 12.8 Å². The highest BCUT2D eigenvalue weighted by Crippen LogP contribution is 2.18. The van der Waals surface area contributed by atoms with Crippen LogP contribution in [0.5, 0.6) is 0 Å². The maximum atomic E-state index is 12.9. The molecule has 1 aromatic rings. The van der Waals surface area contributed by atoms with Crippen LogP contribution in [0.3, 0.4) is 0 Å². The molecule has 0 heterocycles. The van der Waals surface area contributed by atoms with Crippen LogP contribution in [0, 0.1) is 5.82 Å². The second kappa shape index (κ2) is 5.75. The normalized spacial score (nSPS) is 11.7. The van der Waals surface area contributed by atoms with Crippen molar-refractivity contribution in [2.75, 3.05) is 19.5 Å². The minimum Gasteiger partial charge on any atom is -0.384 e. The largest absolute Gasteiger partial charge is 0.384 e. The zero-order valence-corrected chi connectivity index (χ0v) is 11.1. The Morgan fingerprint density at radius 2 is 2.12 bits per heavy atom. The Labute approximate surface area is 103 Å². The lowest BCUT2D eigenvalue weighted by molar-refractivity contribution is 0.217. The molecule has 0 unspecified atom stereocenters. The molecular weight excluding hydrogens is 299 g/mol. The summed E-state index contributed by atoms with van der Waals surface area (Å²) in [7, 11) is -1.75. The summed E-state index contributed by atoms with van der Waals surface area (Å²) in [5.41, 5.74) is 0.560. The van der Waals surface area contributed by atoms with Crippen molar-refractivity contribution in [3.63, 3.8) is 0 Å². The molecule has 0 amide bonds. The Morgan fingerprint density at radius 3 is 2.69 bits per heavy atom. The number of benzene rings is 1. The molecule has 0 bridgehead atoms. The molecule has 90 valence electrons. The molecule has 0 saturated heterocycles. The Balaban J connectivity index is 2.76. The summed E-state index contributed by atoms with van der Waals surface area (Å²) < 4.78 is 41.0. The third kappa shape index (κ3) is 4.19. The fourth-order valence-electron chi connectivity index (χ4n) is 1.17. The van der Waals surface area contributed by atoms with Crippen molar-refractivity contribution < 1.29 is 17.5 Å². The smallest absolute Gasteiger partial charge is 0.156 e. The third-order valence-electron chi connectivity index (χ3n) is 1.97. The van der Waals surface area contributed by atoms with Gasteiger partial charge >= 0.3 is 0 Å². The molecule has 0 atom stereocenters. The lowest BCUT2D eigenvalue weighted by Crippen LogP contribution is -2.13. The maximum absolute atomic E-state index is 12.9. The minimum atomic E-state index is -3.19. The van der Waals surface area contributed by atoms with Gasteiger partial charge in [-0.2, -0.15) is 0 Å². The lowest BCUT2D eigenvalue weighted by Gasteiger charge is -2.04. The predicted octanol–water partition coefficient (Wildman–Crippen LogP) is 2.15. The van der Waals surface area contributed by atoms with Crippen molar-refractivity contribution in [3.05, 3.63) is 34.1 Å². The fraction of sp³-hybridized carbons (Fsp3) is 0.400. The van der Waals surface area contributed by atoms with Crippen molar-refractivity contribution in [1.82, 2.24) is 0 Å². The van der Waals surface area contributed by atoms with E-state index in [0.29, 0.717) is 5.56 Å². The van der Waals surface area contributed by atoms with E-state index < -0.39 is 15.7 Å². The van der Waals surface area contributed by atoms with Gasteiger partial charge in [0.2, 0.25) is 0 Å². The first kappa shape index (κ1) is 13.6. The zero-order chi connectivity index (χ0) is 12.2. The first-order valence-corrected chi connectivity index (χ1v) is 7.19. The van der Waals surface area contributed by atoms with Crippen LogP contribution in [0.15, 0.2) is 22.7 Å². The average molecular weight is 311 g/mol. The van der Waals surface area contributed by atoms with Crippen molar-refractivity contribution in [3.8, 4) is 0 Å². The number of ether oxygens (including phenoxy) is 1. The van der Waals surface area contributed by atoms with Crippen LogP contribution in [0.25, 0.3) is 0 Å². The van der Waals surface area contributed by atoms with Gasteiger partial charge in [0.05, 0.1) is 22.6 Å². The maximum Gasteiger partial charge on any atom is 0.156 e. The number of hydrogen-bond acceptors (Lipinski definition) is 3. The molecular formula is C10H12BrFO3S. The Hall–Kier alpha value is -0.460. The van der Waals surface area contributed by atoms with Crippen molar-refractivity contribution >= 4 is 25.8 Å². The second-order valence-corrected chi connectivity index (χ2v) is 6.37.